The van der Waals surface area contributed by atoms with Crippen molar-refractivity contribution in [3.8, 4) is 5.75 Å². The summed E-state index contributed by atoms with van der Waals surface area (Å²) >= 11 is 0. The molecule has 2 heterocycles. The highest BCUT2D eigenvalue weighted by Gasteiger charge is 2.58. The van der Waals surface area contributed by atoms with Crippen molar-refractivity contribution in [2.45, 2.75) is 51.9 Å². The quantitative estimate of drug-likeness (QED) is 0.855. The number of pyridine rings is 1. The van der Waals surface area contributed by atoms with E-state index in [-0.39, 0.29) is 0 Å². The molecule has 0 N–H and O–H groups in total. The summed E-state index contributed by atoms with van der Waals surface area (Å²) in [6, 6.07) is 2.08. The molecule has 1 unspecified atom stereocenters. The van der Waals surface area contributed by atoms with Crippen LogP contribution in [0.2, 0.25) is 0 Å². The van der Waals surface area contributed by atoms with Gasteiger partial charge in [-0.3, -0.25) is 4.40 Å². The van der Waals surface area contributed by atoms with Crippen molar-refractivity contribution in [3.05, 3.63) is 24.2 Å². The molecule has 2 aromatic heterocycles. The molecular weight excluding hydrogens is 286 g/mol. The van der Waals surface area contributed by atoms with Crippen LogP contribution >= 0.6 is 0 Å². The first-order valence-electron chi connectivity index (χ1n) is 9.11. The Morgan fingerprint density at radius 2 is 2.17 bits per heavy atom. The molecule has 3 aliphatic rings. The highest BCUT2D eigenvalue weighted by molar-refractivity contribution is 5.49. The number of aromatic nitrogens is 3. The molecule has 0 radical (unpaired) electrons. The van der Waals surface area contributed by atoms with Crippen LogP contribution in [0.4, 0.5) is 0 Å². The smallest absolute Gasteiger partial charge is 0.164 e. The van der Waals surface area contributed by atoms with Crippen LogP contribution in [0.5, 0.6) is 5.75 Å². The zero-order chi connectivity index (χ0) is 15.6. The van der Waals surface area contributed by atoms with Gasteiger partial charge in [0.05, 0.1) is 6.61 Å². The highest BCUT2D eigenvalue weighted by atomic mass is 16.5. The Labute approximate surface area is 137 Å². The van der Waals surface area contributed by atoms with E-state index in [0.29, 0.717) is 11.3 Å². The summed E-state index contributed by atoms with van der Waals surface area (Å²) in [6.07, 6.45) is 10.6. The van der Waals surface area contributed by atoms with E-state index in [1.165, 1.54) is 37.7 Å². The SMILES string of the molecule is C[C@@H]1CC[C@H](COc2cc3nncn3cc2C2CC2)[C@@H]2CC12C. The number of nitrogens with zero attached hydrogens (tertiary/aromatic N) is 3. The van der Waals surface area contributed by atoms with Crippen LogP contribution in [0.15, 0.2) is 18.6 Å². The van der Waals surface area contributed by atoms with Crippen LogP contribution in [0.25, 0.3) is 5.65 Å². The lowest BCUT2D eigenvalue weighted by Gasteiger charge is -2.31. The normalized spacial score (nSPS) is 36.0. The molecule has 0 aromatic carbocycles. The molecule has 122 valence electrons. The molecule has 0 amide bonds. The summed E-state index contributed by atoms with van der Waals surface area (Å²) in [5, 5.41) is 8.18. The van der Waals surface area contributed by atoms with Crippen LogP contribution in [0.1, 0.15) is 57.4 Å². The van der Waals surface area contributed by atoms with Crippen LogP contribution in [-0.4, -0.2) is 21.2 Å². The van der Waals surface area contributed by atoms with Gasteiger partial charge in [0.1, 0.15) is 12.1 Å². The second-order valence-corrected chi connectivity index (χ2v) is 8.33. The maximum absolute atomic E-state index is 6.35. The minimum absolute atomic E-state index is 0.600. The van der Waals surface area contributed by atoms with Crippen molar-refractivity contribution < 1.29 is 4.74 Å². The summed E-state index contributed by atoms with van der Waals surface area (Å²) in [7, 11) is 0. The van der Waals surface area contributed by atoms with E-state index in [1.807, 2.05) is 4.40 Å². The van der Waals surface area contributed by atoms with Crippen molar-refractivity contribution in [1.82, 2.24) is 14.6 Å². The molecule has 5 rings (SSSR count). The lowest BCUT2D eigenvalue weighted by atomic mass is 9.76. The number of fused-ring (bicyclic) bond motifs is 2. The van der Waals surface area contributed by atoms with Gasteiger partial charge >= 0.3 is 0 Å². The van der Waals surface area contributed by atoms with E-state index in [9.17, 15) is 0 Å². The van der Waals surface area contributed by atoms with Crippen molar-refractivity contribution in [1.29, 1.82) is 0 Å². The molecule has 0 spiro atoms. The van der Waals surface area contributed by atoms with E-state index in [0.717, 1.165) is 35.8 Å². The van der Waals surface area contributed by atoms with Gasteiger partial charge in [-0.15, -0.1) is 10.2 Å². The van der Waals surface area contributed by atoms with Crippen molar-refractivity contribution in [2.75, 3.05) is 6.61 Å². The Morgan fingerprint density at radius 3 is 3.00 bits per heavy atom. The van der Waals surface area contributed by atoms with Crippen LogP contribution < -0.4 is 4.74 Å². The third kappa shape index (κ3) is 2.18. The van der Waals surface area contributed by atoms with Crippen molar-refractivity contribution in [3.63, 3.8) is 0 Å². The Kier molecular flexibility index (Phi) is 2.83. The molecule has 4 nitrogen and oxygen atoms in total. The maximum Gasteiger partial charge on any atom is 0.164 e. The molecule has 3 aliphatic carbocycles. The monoisotopic (exact) mass is 311 g/mol. The first-order chi connectivity index (χ1) is 11.1. The van der Waals surface area contributed by atoms with Crippen LogP contribution in [0.3, 0.4) is 0 Å². The summed E-state index contributed by atoms with van der Waals surface area (Å²) in [6.45, 7) is 5.78. The third-order valence-corrected chi connectivity index (χ3v) is 6.91. The lowest BCUT2D eigenvalue weighted by molar-refractivity contribution is 0.140. The Balaban J connectivity index is 1.36. The molecule has 0 bridgehead atoms. The number of ether oxygens (including phenoxy) is 1. The Morgan fingerprint density at radius 1 is 1.30 bits per heavy atom. The van der Waals surface area contributed by atoms with Gasteiger partial charge in [-0.1, -0.05) is 13.8 Å². The fourth-order valence-electron chi connectivity index (χ4n) is 4.77. The first-order valence-corrected chi connectivity index (χ1v) is 9.11. The van der Waals surface area contributed by atoms with E-state index < -0.39 is 0 Å². The highest BCUT2D eigenvalue weighted by Crippen LogP contribution is 2.65. The Bertz CT molecular complexity index is 750. The summed E-state index contributed by atoms with van der Waals surface area (Å²) in [5.41, 5.74) is 2.83. The molecule has 4 atom stereocenters. The first kappa shape index (κ1) is 13.8. The second-order valence-electron chi connectivity index (χ2n) is 8.33. The van der Waals surface area contributed by atoms with Crippen LogP contribution in [0, 0.1) is 23.2 Å². The van der Waals surface area contributed by atoms with Gasteiger partial charge in [-0.05, 0) is 61.2 Å². The predicted molar refractivity (Wildman–Crippen MR) is 88.6 cm³/mol. The average molecular weight is 311 g/mol. The van der Waals surface area contributed by atoms with Gasteiger partial charge in [0.25, 0.3) is 0 Å². The van der Waals surface area contributed by atoms with E-state index >= 15 is 0 Å². The summed E-state index contributed by atoms with van der Waals surface area (Å²) < 4.78 is 8.37. The largest absolute Gasteiger partial charge is 0.493 e. The van der Waals surface area contributed by atoms with Gasteiger partial charge in [0, 0.05) is 17.8 Å². The minimum atomic E-state index is 0.600. The Hall–Kier alpha value is -1.58. The maximum atomic E-state index is 6.35. The number of rotatable bonds is 4. The number of hydrogen-bond donors (Lipinski definition) is 0. The third-order valence-electron chi connectivity index (χ3n) is 6.91. The minimum Gasteiger partial charge on any atom is -0.493 e. The van der Waals surface area contributed by atoms with E-state index in [4.69, 9.17) is 4.74 Å². The van der Waals surface area contributed by atoms with Gasteiger partial charge in [0.15, 0.2) is 5.65 Å². The van der Waals surface area contributed by atoms with Crippen molar-refractivity contribution >= 4 is 5.65 Å². The average Bonchev–Trinajstić information content (AvgIpc) is 3.45. The second kappa shape index (κ2) is 4.71. The molecule has 4 heteroatoms. The van der Waals surface area contributed by atoms with Crippen molar-refractivity contribution in [2.24, 2.45) is 23.2 Å². The molecule has 0 aliphatic heterocycles. The van der Waals surface area contributed by atoms with Gasteiger partial charge in [0.2, 0.25) is 0 Å². The fourth-order valence-corrected chi connectivity index (χ4v) is 4.77. The topological polar surface area (TPSA) is 39.4 Å². The molecule has 3 saturated carbocycles. The standard InChI is InChI=1S/C19H25N3O/c1-12-3-4-14(16-8-19(12,16)2)10-23-17-7-18-21-20-11-22(18)9-15(17)13-5-6-13/h7,9,11-14,16H,3-6,8,10H2,1-2H3/t12-,14-,16+,19?/m1/s1. The zero-order valence-electron chi connectivity index (χ0n) is 14.0. The fraction of sp³-hybridized carbons (Fsp3) is 0.684. The molecule has 3 fully saturated rings. The number of hydrogen-bond acceptors (Lipinski definition) is 3. The zero-order valence-corrected chi connectivity index (χ0v) is 14.0. The van der Waals surface area contributed by atoms with E-state index in [1.54, 1.807) is 6.33 Å². The van der Waals surface area contributed by atoms with E-state index in [2.05, 4.69) is 36.3 Å². The molecule has 0 saturated heterocycles. The molecule has 2 aromatic rings. The van der Waals surface area contributed by atoms with Gasteiger partial charge in [-0.25, -0.2) is 0 Å². The molecular formula is C19H25N3O. The predicted octanol–water partition coefficient (Wildman–Crippen LogP) is 4.06. The van der Waals surface area contributed by atoms with Gasteiger partial charge in [-0.2, -0.15) is 0 Å². The lowest BCUT2D eigenvalue weighted by Crippen LogP contribution is -2.26. The van der Waals surface area contributed by atoms with Gasteiger partial charge < -0.3 is 4.74 Å². The molecule has 23 heavy (non-hydrogen) atoms. The summed E-state index contributed by atoms with van der Waals surface area (Å²) in [5.74, 6) is 4.23. The summed E-state index contributed by atoms with van der Waals surface area (Å²) in [4.78, 5) is 0. The van der Waals surface area contributed by atoms with Crippen LogP contribution in [-0.2, 0) is 0 Å².